The lowest BCUT2D eigenvalue weighted by Crippen LogP contribution is -2.15. The van der Waals surface area contributed by atoms with Crippen LogP contribution in [-0.4, -0.2) is 6.54 Å². The molecule has 0 saturated carbocycles. The first-order valence-electron chi connectivity index (χ1n) is 5.31. The minimum atomic E-state index is 0.787. The van der Waals surface area contributed by atoms with E-state index in [2.05, 4.69) is 24.0 Å². The van der Waals surface area contributed by atoms with Crippen molar-refractivity contribution in [2.24, 2.45) is 0 Å². The van der Waals surface area contributed by atoms with E-state index in [1.54, 1.807) is 12.5 Å². The van der Waals surface area contributed by atoms with Crippen LogP contribution in [0.2, 0.25) is 0 Å². The summed E-state index contributed by atoms with van der Waals surface area (Å²) < 4.78 is 4.99. The molecule has 0 aliphatic carbocycles. The Labute approximate surface area is 95.6 Å². The second-order valence-corrected chi connectivity index (χ2v) is 3.70. The maximum atomic E-state index is 4.99. The number of benzene rings is 1. The topological polar surface area (TPSA) is 25.2 Å². The van der Waals surface area contributed by atoms with E-state index in [1.165, 1.54) is 5.56 Å². The van der Waals surface area contributed by atoms with Gasteiger partial charge in [-0.05, 0) is 17.2 Å². The predicted molar refractivity (Wildman–Crippen MR) is 65.9 cm³/mol. The SMILES string of the molecule is C=C(CNCc1ccoc1)c1ccccc1. The van der Waals surface area contributed by atoms with Crippen LogP contribution in [0.5, 0.6) is 0 Å². The summed E-state index contributed by atoms with van der Waals surface area (Å²) >= 11 is 0. The molecule has 0 fully saturated rings. The standard InChI is InChI=1S/C14H15NO/c1-12(14-5-3-2-4-6-14)9-15-10-13-7-8-16-11-13/h2-8,11,15H,1,9-10H2. The fraction of sp³-hybridized carbons (Fsp3) is 0.143. The normalized spacial score (nSPS) is 10.2. The average molecular weight is 213 g/mol. The highest BCUT2D eigenvalue weighted by Crippen LogP contribution is 2.10. The highest BCUT2D eigenvalue weighted by Gasteiger charge is 1.98. The fourth-order valence-electron chi connectivity index (χ4n) is 1.53. The largest absolute Gasteiger partial charge is 0.472 e. The number of hydrogen-bond donors (Lipinski definition) is 1. The lowest BCUT2D eigenvalue weighted by molar-refractivity contribution is 0.562. The second kappa shape index (κ2) is 5.33. The highest BCUT2D eigenvalue weighted by atomic mass is 16.3. The molecule has 1 aromatic heterocycles. The van der Waals surface area contributed by atoms with Crippen LogP contribution in [0, 0.1) is 0 Å². The highest BCUT2D eigenvalue weighted by molar-refractivity contribution is 5.64. The maximum absolute atomic E-state index is 4.99. The fourth-order valence-corrected chi connectivity index (χ4v) is 1.53. The van der Waals surface area contributed by atoms with Gasteiger partial charge in [0, 0.05) is 18.7 Å². The predicted octanol–water partition coefficient (Wildman–Crippen LogP) is 3.08. The third-order valence-electron chi connectivity index (χ3n) is 2.43. The zero-order chi connectivity index (χ0) is 11.2. The number of rotatable bonds is 5. The zero-order valence-corrected chi connectivity index (χ0v) is 9.15. The Morgan fingerprint density at radius 2 is 2.00 bits per heavy atom. The monoisotopic (exact) mass is 213 g/mol. The number of furan rings is 1. The van der Waals surface area contributed by atoms with E-state index in [1.807, 2.05) is 24.3 Å². The molecule has 0 amide bonds. The van der Waals surface area contributed by atoms with Crippen molar-refractivity contribution in [1.82, 2.24) is 5.32 Å². The molecule has 0 radical (unpaired) electrons. The van der Waals surface area contributed by atoms with E-state index in [9.17, 15) is 0 Å². The molecule has 82 valence electrons. The first-order chi connectivity index (χ1) is 7.86. The van der Waals surface area contributed by atoms with Crippen LogP contribution in [-0.2, 0) is 6.54 Å². The minimum absolute atomic E-state index is 0.787. The molecule has 0 bridgehead atoms. The van der Waals surface area contributed by atoms with Crippen molar-refractivity contribution < 1.29 is 4.42 Å². The molecular formula is C14H15NO. The van der Waals surface area contributed by atoms with Gasteiger partial charge in [-0.25, -0.2) is 0 Å². The molecule has 1 N–H and O–H groups in total. The summed E-state index contributed by atoms with van der Waals surface area (Å²) in [6, 6.07) is 12.2. The molecule has 2 nitrogen and oxygen atoms in total. The van der Waals surface area contributed by atoms with Crippen LogP contribution in [0.4, 0.5) is 0 Å². The van der Waals surface area contributed by atoms with Crippen molar-refractivity contribution in [3.05, 3.63) is 66.6 Å². The molecule has 0 unspecified atom stereocenters. The third kappa shape index (κ3) is 2.84. The van der Waals surface area contributed by atoms with E-state index in [4.69, 9.17) is 4.42 Å². The molecule has 1 aromatic carbocycles. The summed E-state index contributed by atoms with van der Waals surface area (Å²) in [5, 5.41) is 3.33. The van der Waals surface area contributed by atoms with E-state index in [-0.39, 0.29) is 0 Å². The van der Waals surface area contributed by atoms with Gasteiger partial charge in [-0.1, -0.05) is 36.9 Å². The Hall–Kier alpha value is -1.80. The molecule has 2 heteroatoms. The van der Waals surface area contributed by atoms with Gasteiger partial charge < -0.3 is 9.73 Å². The maximum Gasteiger partial charge on any atom is 0.0947 e. The van der Waals surface area contributed by atoms with E-state index >= 15 is 0 Å². The Morgan fingerprint density at radius 1 is 1.19 bits per heavy atom. The van der Waals surface area contributed by atoms with Gasteiger partial charge in [0.2, 0.25) is 0 Å². The van der Waals surface area contributed by atoms with Gasteiger partial charge in [0.05, 0.1) is 12.5 Å². The average Bonchev–Trinajstić information content (AvgIpc) is 2.83. The van der Waals surface area contributed by atoms with Crippen LogP contribution < -0.4 is 5.32 Å². The van der Waals surface area contributed by atoms with E-state index in [0.717, 1.165) is 24.2 Å². The summed E-state index contributed by atoms with van der Waals surface area (Å²) in [7, 11) is 0. The third-order valence-corrected chi connectivity index (χ3v) is 2.43. The minimum Gasteiger partial charge on any atom is -0.472 e. The molecule has 0 aliphatic rings. The molecule has 0 saturated heterocycles. The van der Waals surface area contributed by atoms with Crippen LogP contribution >= 0.6 is 0 Å². The van der Waals surface area contributed by atoms with Crippen molar-refractivity contribution in [3.63, 3.8) is 0 Å². The second-order valence-electron chi connectivity index (χ2n) is 3.70. The van der Waals surface area contributed by atoms with Gasteiger partial charge in [0.15, 0.2) is 0 Å². The molecule has 0 spiro atoms. The van der Waals surface area contributed by atoms with Crippen molar-refractivity contribution in [2.45, 2.75) is 6.54 Å². The molecule has 2 rings (SSSR count). The van der Waals surface area contributed by atoms with Crippen LogP contribution in [0.1, 0.15) is 11.1 Å². The van der Waals surface area contributed by atoms with E-state index < -0.39 is 0 Å². The first-order valence-corrected chi connectivity index (χ1v) is 5.31. The Kier molecular flexibility index (Phi) is 3.57. The lowest BCUT2D eigenvalue weighted by Gasteiger charge is -2.06. The van der Waals surface area contributed by atoms with Gasteiger partial charge in [-0.15, -0.1) is 0 Å². The van der Waals surface area contributed by atoms with Crippen molar-refractivity contribution in [1.29, 1.82) is 0 Å². The Morgan fingerprint density at radius 3 is 2.69 bits per heavy atom. The van der Waals surface area contributed by atoms with Crippen molar-refractivity contribution in [2.75, 3.05) is 6.54 Å². The van der Waals surface area contributed by atoms with Gasteiger partial charge in [-0.3, -0.25) is 0 Å². The molecular weight excluding hydrogens is 198 g/mol. The smallest absolute Gasteiger partial charge is 0.0947 e. The quantitative estimate of drug-likeness (QED) is 0.825. The van der Waals surface area contributed by atoms with Crippen LogP contribution in [0.25, 0.3) is 5.57 Å². The lowest BCUT2D eigenvalue weighted by atomic mass is 10.1. The molecule has 16 heavy (non-hydrogen) atoms. The van der Waals surface area contributed by atoms with E-state index in [0.29, 0.717) is 0 Å². The summed E-state index contributed by atoms with van der Waals surface area (Å²) in [6.45, 7) is 5.65. The van der Waals surface area contributed by atoms with Gasteiger partial charge in [0.1, 0.15) is 0 Å². The Bertz CT molecular complexity index is 431. The zero-order valence-electron chi connectivity index (χ0n) is 9.15. The molecule has 2 aromatic rings. The van der Waals surface area contributed by atoms with Gasteiger partial charge in [-0.2, -0.15) is 0 Å². The Balaban J connectivity index is 1.81. The molecule has 0 aliphatic heterocycles. The number of hydrogen-bond acceptors (Lipinski definition) is 2. The first kappa shape index (κ1) is 10.7. The van der Waals surface area contributed by atoms with Gasteiger partial charge in [0.25, 0.3) is 0 Å². The number of nitrogens with one attached hydrogen (secondary N) is 1. The van der Waals surface area contributed by atoms with Crippen LogP contribution in [0.15, 0.2) is 59.9 Å². The molecule has 0 atom stereocenters. The molecule has 1 heterocycles. The summed E-state index contributed by atoms with van der Waals surface area (Å²) in [6.07, 6.45) is 3.43. The van der Waals surface area contributed by atoms with Crippen molar-refractivity contribution in [3.8, 4) is 0 Å². The summed E-state index contributed by atoms with van der Waals surface area (Å²) in [5.74, 6) is 0. The van der Waals surface area contributed by atoms with Gasteiger partial charge >= 0.3 is 0 Å². The summed E-state index contributed by atoms with van der Waals surface area (Å²) in [5.41, 5.74) is 3.44. The van der Waals surface area contributed by atoms with Crippen LogP contribution in [0.3, 0.4) is 0 Å². The summed E-state index contributed by atoms with van der Waals surface area (Å²) in [4.78, 5) is 0. The van der Waals surface area contributed by atoms with Crippen molar-refractivity contribution >= 4 is 5.57 Å².